The van der Waals surface area contributed by atoms with Gasteiger partial charge in [0, 0.05) is 11.6 Å². The minimum atomic E-state index is -1.27. The summed E-state index contributed by atoms with van der Waals surface area (Å²) in [5.41, 5.74) is 0.272. The molecule has 1 unspecified atom stereocenters. The fourth-order valence-corrected chi connectivity index (χ4v) is 1.84. The van der Waals surface area contributed by atoms with E-state index in [0.717, 1.165) is 12.1 Å². The summed E-state index contributed by atoms with van der Waals surface area (Å²) in [7, 11) is 1.42. The Kier molecular flexibility index (Phi) is 4.02. The zero-order valence-corrected chi connectivity index (χ0v) is 10.8. The molecular weight excluding hydrogens is 274 g/mol. The second kappa shape index (κ2) is 5.55. The van der Waals surface area contributed by atoms with Crippen LogP contribution < -0.4 is 4.74 Å². The highest BCUT2D eigenvalue weighted by atomic mass is 35.5. The molecule has 0 saturated carbocycles. The fraction of sp³-hybridized carbons (Fsp3) is 0.143. The molecule has 100 valence electrons. The molecule has 0 aliphatic carbocycles. The van der Waals surface area contributed by atoms with E-state index in [1.807, 2.05) is 0 Å². The smallest absolute Gasteiger partial charge is 0.142 e. The molecule has 0 aromatic heterocycles. The van der Waals surface area contributed by atoms with Gasteiger partial charge in [-0.3, -0.25) is 0 Å². The van der Waals surface area contributed by atoms with Gasteiger partial charge in [0.15, 0.2) is 0 Å². The average Bonchev–Trinajstić information content (AvgIpc) is 2.41. The van der Waals surface area contributed by atoms with E-state index >= 15 is 0 Å². The van der Waals surface area contributed by atoms with Crippen molar-refractivity contribution in [2.24, 2.45) is 0 Å². The summed E-state index contributed by atoms with van der Waals surface area (Å²) in [6.45, 7) is 0. The first-order valence-electron chi connectivity index (χ1n) is 5.49. The summed E-state index contributed by atoms with van der Waals surface area (Å²) in [4.78, 5) is 0. The number of methoxy groups -OCH3 is 1. The minimum Gasteiger partial charge on any atom is -0.497 e. The molecular formula is C14H11ClF2O2. The van der Waals surface area contributed by atoms with Crippen LogP contribution in [0.2, 0.25) is 5.02 Å². The molecule has 0 heterocycles. The lowest BCUT2D eigenvalue weighted by Crippen LogP contribution is -2.03. The highest BCUT2D eigenvalue weighted by Gasteiger charge is 2.17. The van der Waals surface area contributed by atoms with E-state index in [-0.39, 0.29) is 16.1 Å². The topological polar surface area (TPSA) is 29.5 Å². The Hall–Kier alpha value is -1.65. The van der Waals surface area contributed by atoms with Gasteiger partial charge in [-0.05, 0) is 29.8 Å². The fourth-order valence-electron chi connectivity index (χ4n) is 1.72. The van der Waals surface area contributed by atoms with E-state index in [2.05, 4.69) is 0 Å². The molecule has 0 aliphatic heterocycles. The van der Waals surface area contributed by atoms with E-state index in [1.54, 1.807) is 0 Å². The predicted molar refractivity (Wildman–Crippen MR) is 68.4 cm³/mol. The first-order chi connectivity index (χ1) is 9.02. The molecule has 0 bridgehead atoms. The molecule has 0 aliphatic rings. The summed E-state index contributed by atoms with van der Waals surface area (Å²) in [5.74, 6) is -0.940. The van der Waals surface area contributed by atoms with Gasteiger partial charge in [-0.1, -0.05) is 17.7 Å². The molecule has 0 spiro atoms. The molecule has 5 heteroatoms. The van der Waals surface area contributed by atoms with Crippen LogP contribution in [0.3, 0.4) is 0 Å². The molecule has 0 saturated heterocycles. The zero-order valence-electron chi connectivity index (χ0n) is 10.0. The number of benzene rings is 2. The normalized spacial score (nSPS) is 12.3. The Balaban J connectivity index is 2.38. The second-order valence-corrected chi connectivity index (χ2v) is 4.37. The molecule has 0 fully saturated rings. The van der Waals surface area contributed by atoms with Crippen molar-refractivity contribution in [1.29, 1.82) is 0 Å². The monoisotopic (exact) mass is 284 g/mol. The third kappa shape index (κ3) is 2.85. The van der Waals surface area contributed by atoms with Crippen LogP contribution in [0.1, 0.15) is 17.2 Å². The highest BCUT2D eigenvalue weighted by Crippen LogP contribution is 2.28. The Morgan fingerprint density at radius 1 is 1.11 bits per heavy atom. The van der Waals surface area contributed by atoms with Crippen molar-refractivity contribution in [1.82, 2.24) is 0 Å². The number of ether oxygens (including phenoxy) is 1. The van der Waals surface area contributed by atoms with Gasteiger partial charge in [0.1, 0.15) is 23.5 Å². The van der Waals surface area contributed by atoms with Gasteiger partial charge in [-0.15, -0.1) is 0 Å². The van der Waals surface area contributed by atoms with Crippen molar-refractivity contribution in [3.05, 3.63) is 64.2 Å². The number of halogens is 3. The van der Waals surface area contributed by atoms with Gasteiger partial charge in [0.2, 0.25) is 0 Å². The highest BCUT2D eigenvalue weighted by molar-refractivity contribution is 6.30. The van der Waals surface area contributed by atoms with Crippen molar-refractivity contribution in [3.63, 3.8) is 0 Å². The summed E-state index contributed by atoms with van der Waals surface area (Å²) in [6.07, 6.45) is -1.27. The van der Waals surface area contributed by atoms with Crippen LogP contribution >= 0.6 is 11.6 Å². The number of rotatable bonds is 3. The lowest BCUT2D eigenvalue weighted by molar-refractivity contribution is 0.214. The lowest BCUT2D eigenvalue weighted by atomic mass is 10.0. The maximum atomic E-state index is 13.8. The summed E-state index contributed by atoms with van der Waals surface area (Å²) < 4.78 is 32.0. The molecule has 0 radical (unpaired) electrons. The maximum Gasteiger partial charge on any atom is 0.142 e. The Labute approximate surface area is 114 Å². The van der Waals surface area contributed by atoms with Crippen LogP contribution in [0.5, 0.6) is 5.75 Å². The summed E-state index contributed by atoms with van der Waals surface area (Å²) in [5, 5.41) is 10.0. The third-order valence-corrected chi connectivity index (χ3v) is 3.07. The Morgan fingerprint density at radius 2 is 1.84 bits per heavy atom. The molecule has 2 nitrogen and oxygen atoms in total. The Morgan fingerprint density at radius 3 is 2.42 bits per heavy atom. The van der Waals surface area contributed by atoms with Crippen LogP contribution in [0.4, 0.5) is 8.78 Å². The summed E-state index contributed by atoms with van der Waals surface area (Å²) >= 11 is 5.55. The SMILES string of the molecule is COc1ccc(C(O)c2ccc(Cl)c(F)c2)c(F)c1. The van der Waals surface area contributed by atoms with E-state index in [0.29, 0.717) is 5.75 Å². The van der Waals surface area contributed by atoms with Gasteiger partial charge in [0.05, 0.1) is 12.1 Å². The number of hydrogen-bond acceptors (Lipinski definition) is 2. The predicted octanol–water partition coefficient (Wildman–Crippen LogP) is 3.71. The number of aliphatic hydroxyl groups is 1. The van der Waals surface area contributed by atoms with Crippen LogP contribution in [-0.2, 0) is 0 Å². The molecule has 19 heavy (non-hydrogen) atoms. The first-order valence-corrected chi connectivity index (χ1v) is 5.87. The third-order valence-electron chi connectivity index (χ3n) is 2.76. The van der Waals surface area contributed by atoms with Crippen LogP contribution in [0, 0.1) is 11.6 Å². The van der Waals surface area contributed by atoms with Gasteiger partial charge in [-0.2, -0.15) is 0 Å². The van der Waals surface area contributed by atoms with Crippen LogP contribution in [0.15, 0.2) is 36.4 Å². The van der Waals surface area contributed by atoms with E-state index in [9.17, 15) is 13.9 Å². The molecule has 0 amide bonds. The molecule has 2 rings (SSSR count). The molecule has 1 atom stereocenters. The van der Waals surface area contributed by atoms with Crippen molar-refractivity contribution < 1.29 is 18.6 Å². The average molecular weight is 285 g/mol. The first kappa shape index (κ1) is 13.8. The lowest BCUT2D eigenvalue weighted by Gasteiger charge is -2.13. The van der Waals surface area contributed by atoms with Gasteiger partial charge < -0.3 is 9.84 Å². The van der Waals surface area contributed by atoms with Crippen molar-refractivity contribution >= 4 is 11.6 Å². The Bertz CT molecular complexity index is 602. The molecule has 2 aromatic carbocycles. The zero-order chi connectivity index (χ0) is 14.0. The quantitative estimate of drug-likeness (QED) is 0.931. The summed E-state index contributed by atoms with van der Waals surface area (Å²) in [6, 6.07) is 7.91. The van der Waals surface area contributed by atoms with Crippen molar-refractivity contribution in [3.8, 4) is 5.75 Å². The largest absolute Gasteiger partial charge is 0.497 e. The van der Waals surface area contributed by atoms with Crippen LogP contribution in [-0.4, -0.2) is 12.2 Å². The van der Waals surface area contributed by atoms with Crippen LogP contribution in [0.25, 0.3) is 0 Å². The van der Waals surface area contributed by atoms with E-state index < -0.39 is 17.7 Å². The van der Waals surface area contributed by atoms with Gasteiger partial charge in [0.25, 0.3) is 0 Å². The number of hydrogen-bond donors (Lipinski definition) is 1. The van der Waals surface area contributed by atoms with E-state index in [4.69, 9.17) is 16.3 Å². The maximum absolute atomic E-state index is 13.8. The standard InChI is InChI=1S/C14H11ClF2O2/c1-19-9-3-4-10(12(16)7-9)14(18)8-2-5-11(15)13(17)6-8/h2-7,14,18H,1H3. The molecule has 2 aromatic rings. The molecule has 1 N–H and O–H groups in total. The van der Waals surface area contributed by atoms with Crippen molar-refractivity contribution in [2.75, 3.05) is 7.11 Å². The second-order valence-electron chi connectivity index (χ2n) is 3.96. The van der Waals surface area contributed by atoms with E-state index in [1.165, 1.54) is 31.4 Å². The van der Waals surface area contributed by atoms with Gasteiger partial charge in [-0.25, -0.2) is 8.78 Å². The van der Waals surface area contributed by atoms with Gasteiger partial charge >= 0.3 is 0 Å². The number of aliphatic hydroxyl groups excluding tert-OH is 1. The van der Waals surface area contributed by atoms with Crippen molar-refractivity contribution in [2.45, 2.75) is 6.10 Å². The minimum absolute atomic E-state index is 0.0440.